The molecule has 0 aromatic carbocycles. The highest BCUT2D eigenvalue weighted by Crippen LogP contribution is 2.06. The monoisotopic (exact) mass is 214 g/mol. The summed E-state index contributed by atoms with van der Waals surface area (Å²) in [5.74, 6) is -0.512. The van der Waals surface area contributed by atoms with Gasteiger partial charge in [0.05, 0.1) is 0 Å². The number of halogens is 1. The summed E-state index contributed by atoms with van der Waals surface area (Å²) in [7, 11) is 0. The second-order valence-electron chi connectivity index (χ2n) is 2.65. The highest BCUT2D eigenvalue weighted by Gasteiger charge is 1.99. The van der Waals surface area contributed by atoms with E-state index >= 15 is 0 Å². The number of aromatic nitrogens is 1. The summed E-state index contributed by atoms with van der Waals surface area (Å²) in [5.41, 5.74) is 6.37. The van der Waals surface area contributed by atoms with Crippen molar-refractivity contribution in [3.8, 4) is 0 Å². The van der Waals surface area contributed by atoms with Gasteiger partial charge in [-0.2, -0.15) is 0 Å². The van der Waals surface area contributed by atoms with Crippen LogP contribution in [0, 0.1) is 0 Å². The molecule has 0 aliphatic heterocycles. The number of aliphatic carboxylic acids is 1. The van der Waals surface area contributed by atoms with Crippen molar-refractivity contribution in [2.45, 2.75) is 6.92 Å². The summed E-state index contributed by atoms with van der Waals surface area (Å²) in [6, 6.07) is 3.34. The molecule has 1 heterocycles. The van der Waals surface area contributed by atoms with Crippen molar-refractivity contribution in [2.75, 3.05) is 5.73 Å². The number of nitrogen functional groups attached to an aromatic ring is 1. The van der Waals surface area contributed by atoms with Crippen LogP contribution in [0.3, 0.4) is 0 Å². The molecule has 0 saturated heterocycles. The Kier molecular flexibility index (Phi) is 4.66. The lowest BCUT2D eigenvalue weighted by atomic mass is 10.2. The normalized spacial score (nSPS) is 10.5. The number of hydrogen-bond donors (Lipinski definition) is 2. The van der Waals surface area contributed by atoms with Crippen LogP contribution in [-0.4, -0.2) is 16.1 Å². The van der Waals surface area contributed by atoms with Gasteiger partial charge < -0.3 is 10.8 Å². The summed E-state index contributed by atoms with van der Waals surface area (Å²) in [5, 5.41) is 8.58. The van der Waals surface area contributed by atoms with Gasteiger partial charge in [0.2, 0.25) is 0 Å². The van der Waals surface area contributed by atoms with E-state index in [0.717, 1.165) is 5.56 Å². The van der Waals surface area contributed by atoms with Gasteiger partial charge in [-0.3, -0.25) is 0 Å². The fourth-order valence-corrected chi connectivity index (χ4v) is 0.814. The smallest absolute Gasteiger partial charge is 0.331 e. The maximum Gasteiger partial charge on any atom is 0.331 e. The third-order valence-corrected chi connectivity index (χ3v) is 1.53. The molecule has 1 aromatic rings. The van der Waals surface area contributed by atoms with Gasteiger partial charge in [0.1, 0.15) is 5.82 Å². The second-order valence-corrected chi connectivity index (χ2v) is 2.65. The van der Waals surface area contributed by atoms with Crippen molar-refractivity contribution in [1.82, 2.24) is 4.98 Å². The first-order valence-corrected chi connectivity index (χ1v) is 3.72. The van der Waals surface area contributed by atoms with Crippen molar-refractivity contribution in [3.63, 3.8) is 0 Å². The molecule has 0 radical (unpaired) electrons. The average Bonchev–Trinajstić information content (AvgIpc) is 2.08. The molecule has 0 amide bonds. The van der Waals surface area contributed by atoms with Gasteiger partial charge in [0, 0.05) is 11.8 Å². The Labute approximate surface area is 87.9 Å². The summed E-state index contributed by atoms with van der Waals surface area (Å²) < 4.78 is 0. The van der Waals surface area contributed by atoms with E-state index in [1.54, 1.807) is 12.1 Å². The van der Waals surface area contributed by atoms with Crippen LogP contribution in [0.1, 0.15) is 12.5 Å². The van der Waals surface area contributed by atoms with Crippen LogP contribution < -0.4 is 5.73 Å². The number of carboxylic acid groups (broad SMARTS) is 1. The van der Waals surface area contributed by atoms with E-state index in [1.165, 1.54) is 19.2 Å². The van der Waals surface area contributed by atoms with Crippen LogP contribution in [0.15, 0.2) is 23.9 Å². The molecule has 0 atom stereocenters. The Hall–Kier alpha value is -1.55. The average molecular weight is 215 g/mol. The third kappa shape index (κ3) is 3.45. The van der Waals surface area contributed by atoms with E-state index in [9.17, 15) is 4.79 Å². The maximum atomic E-state index is 10.5. The Balaban J connectivity index is 0.00000169. The highest BCUT2D eigenvalue weighted by molar-refractivity contribution is 5.91. The Morgan fingerprint density at radius 2 is 2.21 bits per heavy atom. The van der Waals surface area contributed by atoms with E-state index in [4.69, 9.17) is 10.8 Å². The molecule has 4 nitrogen and oxygen atoms in total. The summed E-state index contributed by atoms with van der Waals surface area (Å²) in [6.45, 7) is 1.53. The molecule has 76 valence electrons. The third-order valence-electron chi connectivity index (χ3n) is 1.53. The predicted molar refractivity (Wildman–Crippen MR) is 57.2 cm³/mol. The number of pyridine rings is 1. The fourth-order valence-electron chi connectivity index (χ4n) is 0.814. The van der Waals surface area contributed by atoms with E-state index in [0.29, 0.717) is 5.82 Å². The first-order valence-electron chi connectivity index (χ1n) is 3.72. The first kappa shape index (κ1) is 12.4. The van der Waals surface area contributed by atoms with Crippen molar-refractivity contribution < 1.29 is 9.90 Å². The minimum absolute atomic E-state index is 0. The van der Waals surface area contributed by atoms with Crippen molar-refractivity contribution >= 4 is 30.3 Å². The zero-order chi connectivity index (χ0) is 9.84. The molecule has 0 aliphatic rings. The number of carbonyl (C=O) groups is 1. The van der Waals surface area contributed by atoms with E-state index in [2.05, 4.69) is 4.98 Å². The largest absolute Gasteiger partial charge is 0.478 e. The molecule has 3 N–H and O–H groups in total. The molecule has 0 aliphatic carbocycles. The van der Waals surface area contributed by atoms with Crippen LogP contribution in [0.5, 0.6) is 0 Å². The zero-order valence-electron chi connectivity index (χ0n) is 7.60. The minimum atomic E-state index is -0.933. The van der Waals surface area contributed by atoms with E-state index in [-0.39, 0.29) is 18.0 Å². The van der Waals surface area contributed by atoms with Gasteiger partial charge >= 0.3 is 5.97 Å². The molecule has 1 aromatic heterocycles. The topological polar surface area (TPSA) is 76.2 Å². The Morgan fingerprint density at radius 1 is 1.57 bits per heavy atom. The number of nitrogens with zero attached hydrogens (tertiary/aromatic N) is 1. The van der Waals surface area contributed by atoms with Gasteiger partial charge in [0.25, 0.3) is 0 Å². The molecule has 14 heavy (non-hydrogen) atoms. The molecular formula is C9H11ClN2O2. The quantitative estimate of drug-likeness (QED) is 0.733. The predicted octanol–water partition coefficient (Wildman–Crippen LogP) is 1.57. The maximum absolute atomic E-state index is 10.5. The molecular weight excluding hydrogens is 204 g/mol. The highest BCUT2D eigenvalue weighted by atomic mass is 35.5. The number of nitrogens with two attached hydrogens (primary N) is 1. The van der Waals surface area contributed by atoms with E-state index in [1.807, 2.05) is 0 Å². The van der Waals surface area contributed by atoms with Crippen molar-refractivity contribution in [3.05, 3.63) is 29.5 Å². The van der Waals surface area contributed by atoms with Gasteiger partial charge in [-0.1, -0.05) is 0 Å². The number of anilines is 1. The zero-order valence-corrected chi connectivity index (χ0v) is 8.41. The Morgan fingerprint density at radius 3 is 2.64 bits per heavy atom. The lowest BCUT2D eigenvalue weighted by molar-refractivity contribution is -0.132. The standard InChI is InChI=1S/C9H10N2O2.ClH/c1-6(9(12)13)4-7-2-3-8(10)11-5-7;/h2-5H,1H3,(H2,10,11)(H,12,13);1H/b6-4+;. The SMILES string of the molecule is C/C(=C\c1ccc(N)nc1)C(=O)O.Cl. The molecule has 0 saturated carbocycles. The van der Waals surface area contributed by atoms with Crippen LogP contribution in [0.2, 0.25) is 0 Å². The Bertz CT molecular complexity index is 346. The van der Waals surface area contributed by atoms with Crippen molar-refractivity contribution in [2.24, 2.45) is 0 Å². The number of hydrogen-bond acceptors (Lipinski definition) is 3. The summed E-state index contributed by atoms with van der Waals surface area (Å²) >= 11 is 0. The van der Waals surface area contributed by atoms with Crippen molar-refractivity contribution in [1.29, 1.82) is 0 Å². The summed E-state index contributed by atoms with van der Waals surface area (Å²) in [4.78, 5) is 14.3. The first-order chi connectivity index (χ1) is 6.09. The lowest BCUT2D eigenvalue weighted by Crippen LogP contribution is -1.95. The second kappa shape index (κ2) is 5.24. The van der Waals surface area contributed by atoms with Crippen LogP contribution in [0.25, 0.3) is 6.08 Å². The minimum Gasteiger partial charge on any atom is -0.478 e. The fraction of sp³-hybridized carbons (Fsp3) is 0.111. The molecule has 0 bridgehead atoms. The van der Waals surface area contributed by atoms with Crippen LogP contribution >= 0.6 is 12.4 Å². The number of rotatable bonds is 2. The molecule has 0 unspecified atom stereocenters. The lowest BCUT2D eigenvalue weighted by Gasteiger charge is -1.95. The van der Waals surface area contributed by atoms with Gasteiger partial charge in [-0.15, -0.1) is 12.4 Å². The van der Waals surface area contributed by atoms with E-state index < -0.39 is 5.97 Å². The van der Waals surface area contributed by atoms with Gasteiger partial charge in [-0.05, 0) is 30.7 Å². The van der Waals surface area contributed by atoms with Gasteiger partial charge in [-0.25, -0.2) is 9.78 Å². The molecule has 5 heteroatoms. The van der Waals surface area contributed by atoms with Gasteiger partial charge in [0.15, 0.2) is 0 Å². The molecule has 1 rings (SSSR count). The molecule has 0 spiro atoms. The van der Waals surface area contributed by atoms with Crippen LogP contribution in [-0.2, 0) is 4.79 Å². The van der Waals surface area contributed by atoms with Crippen LogP contribution in [0.4, 0.5) is 5.82 Å². The number of carboxylic acids is 1. The molecule has 0 fully saturated rings. The summed E-state index contributed by atoms with van der Waals surface area (Å²) in [6.07, 6.45) is 3.07.